The minimum absolute atomic E-state index is 0.0492. The lowest BCUT2D eigenvalue weighted by molar-refractivity contribution is 0.0515. The molecule has 0 amide bonds. The number of phenols is 1. The van der Waals surface area contributed by atoms with E-state index in [0.29, 0.717) is 5.75 Å². The SMILES string of the molecule is Cc1cc(O)cc2c1O[C@](C)(CCC[C@H](C)CCCC(C)C)CC2. The van der Waals surface area contributed by atoms with E-state index in [1.165, 1.54) is 32.1 Å². The Morgan fingerprint density at radius 3 is 2.54 bits per heavy atom. The molecule has 2 rings (SSSR count). The third-order valence-electron chi connectivity index (χ3n) is 5.49. The van der Waals surface area contributed by atoms with E-state index in [-0.39, 0.29) is 5.60 Å². The maximum Gasteiger partial charge on any atom is 0.126 e. The van der Waals surface area contributed by atoms with E-state index in [2.05, 4.69) is 27.7 Å². The van der Waals surface area contributed by atoms with Crippen LogP contribution in [-0.2, 0) is 6.42 Å². The van der Waals surface area contributed by atoms with Crippen LogP contribution in [0.5, 0.6) is 11.5 Å². The van der Waals surface area contributed by atoms with Crippen molar-refractivity contribution in [2.75, 3.05) is 0 Å². The minimum Gasteiger partial charge on any atom is -0.508 e. The first kappa shape index (κ1) is 19.1. The highest BCUT2D eigenvalue weighted by Gasteiger charge is 2.32. The van der Waals surface area contributed by atoms with Gasteiger partial charge in [0.05, 0.1) is 0 Å². The van der Waals surface area contributed by atoms with Crippen LogP contribution in [0.25, 0.3) is 0 Å². The second-order valence-corrected chi connectivity index (χ2v) is 8.63. The van der Waals surface area contributed by atoms with Crippen LogP contribution in [0.1, 0.15) is 83.8 Å². The monoisotopic (exact) mass is 332 g/mol. The Morgan fingerprint density at radius 1 is 1.12 bits per heavy atom. The van der Waals surface area contributed by atoms with Crippen LogP contribution in [0.3, 0.4) is 0 Å². The molecule has 24 heavy (non-hydrogen) atoms. The number of benzene rings is 1. The first-order valence-electron chi connectivity index (χ1n) is 9.80. The average Bonchev–Trinajstić information content (AvgIpc) is 2.48. The Kier molecular flexibility index (Phi) is 6.60. The standard InChI is InChI=1S/C22H36O2/c1-16(2)8-6-9-17(3)10-7-12-22(5)13-11-19-15-20(23)14-18(4)21(19)24-22/h14-17,23H,6-13H2,1-5H3/t17-,22-/m1/s1. The number of phenolic OH excluding ortho intramolecular Hbond substituents is 1. The highest BCUT2D eigenvalue weighted by atomic mass is 16.5. The molecule has 1 aromatic carbocycles. The van der Waals surface area contributed by atoms with Gasteiger partial charge in [-0.1, -0.05) is 46.5 Å². The zero-order valence-corrected chi connectivity index (χ0v) is 16.3. The van der Waals surface area contributed by atoms with E-state index in [0.717, 1.165) is 48.0 Å². The predicted octanol–water partition coefficient (Wildman–Crippen LogP) is 6.42. The van der Waals surface area contributed by atoms with Gasteiger partial charge in [0, 0.05) is 0 Å². The summed E-state index contributed by atoms with van der Waals surface area (Å²) in [7, 11) is 0. The zero-order valence-electron chi connectivity index (χ0n) is 16.3. The van der Waals surface area contributed by atoms with E-state index in [4.69, 9.17) is 4.74 Å². The van der Waals surface area contributed by atoms with Crippen molar-refractivity contribution in [2.24, 2.45) is 11.8 Å². The van der Waals surface area contributed by atoms with E-state index >= 15 is 0 Å². The number of fused-ring (bicyclic) bond motifs is 1. The van der Waals surface area contributed by atoms with Crippen molar-refractivity contribution in [3.05, 3.63) is 23.3 Å². The average molecular weight is 333 g/mol. The van der Waals surface area contributed by atoms with Crippen molar-refractivity contribution in [1.82, 2.24) is 0 Å². The quantitative estimate of drug-likeness (QED) is 0.595. The molecule has 0 aromatic heterocycles. The first-order valence-corrected chi connectivity index (χ1v) is 9.80. The Balaban J connectivity index is 1.81. The molecule has 136 valence electrons. The molecular formula is C22H36O2. The molecule has 2 atom stereocenters. The van der Waals surface area contributed by atoms with E-state index in [9.17, 15) is 5.11 Å². The molecule has 0 fully saturated rings. The van der Waals surface area contributed by atoms with Gasteiger partial charge >= 0.3 is 0 Å². The highest BCUT2D eigenvalue weighted by Crippen LogP contribution is 2.40. The van der Waals surface area contributed by atoms with Gasteiger partial charge in [0.2, 0.25) is 0 Å². The fourth-order valence-corrected chi connectivity index (χ4v) is 3.87. The van der Waals surface area contributed by atoms with Gasteiger partial charge < -0.3 is 9.84 Å². The molecule has 0 saturated heterocycles. The van der Waals surface area contributed by atoms with Gasteiger partial charge in [0.15, 0.2) is 0 Å². The van der Waals surface area contributed by atoms with E-state index in [1.54, 1.807) is 6.07 Å². The lowest BCUT2D eigenvalue weighted by Gasteiger charge is -2.37. The van der Waals surface area contributed by atoms with Crippen LogP contribution < -0.4 is 4.74 Å². The fourth-order valence-electron chi connectivity index (χ4n) is 3.87. The fraction of sp³-hybridized carbons (Fsp3) is 0.727. The van der Waals surface area contributed by atoms with Crippen LogP contribution in [0.2, 0.25) is 0 Å². The van der Waals surface area contributed by atoms with Gasteiger partial charge in [-0.2, -0.15) is 0 Å². The molecule has 1 aliphatic heterocycles. The molecule has 2 nitrogen and oxygen atoms in total. The normalized spacial score (nSPS) is 21.4. The summed E-state index contributed by atoms with van der Waals surface area (Å²) in [6, 6.07) is 3.67. The van der Waals surface area contributed by atoms with Crippen molar-refractivity contribution in [2.45, 2.75) is 91.6 Å². The maximum absolute atomic E-state index is 9.75. The molecular weight excluding hydrogens is 296 g/mol. The van der Waals surface area contributed by atoms with Gasteiger partial charge in [-0.25, -0.2) is 0 Å². The van der Waals surface area contributed by atoms with Crippen molar-refractivity contribution < 1.29 is 9.84 Å². The molecule has 0 aliphatic carbocycles. The number of hydrogen-bond donors (Lipinski definition) is 1. The molecule has 1 aromatic rings. The summed E-state index contributed by atoms with van der Waals surface area (Å²) in [6.07, 6.45) is 9.80. The summed E-state index contributed by atoms with van der Waals surface area (Å²) >= 11 is 0. The molecule has 1 N–H and O–H groups in total. The summed E-state index contributed by atoms with van der Waals surface area (Å²) in [6.45, 7) is 11.3. The van der Waals surface area contributed by atoms with Crippen molar-refractivity contribution in [1.29, 1.82) is 0 Å². The maximum atomic E-state index is 9.75. The lowest BCUT2D eigenvalue weighted by Crippen LogP contribution is -2.36. The van der Waals surface area contributed by atoms with Crippen LogP contribution in [0, 0.1) is 18.8 Å². The van der Waals surface area contributed by atoms with Crippen molar-refractivity contribution in [3.63, 3.8) is 0 Å². The Bertz CT molecular complexity index is 535. The molecule has 2 heteroatoms. The Morgan fingerprint density at radius 2 is 1.83 bits per heavy atom. The second kappa shape index (κ2) is 8.27. The van der Waals surface area contributed by atoms with Gasteiger partial charge in [-0.05, 0) is 74.6 Å². The number of ether oxygens (including phenoxy) is 1. The predicted molar refractivity (Wildman–Crippen MR) is 102 cm³/mol. The third-order valence-corrected chi connectivity index (χ3v) is 5.49. The van der Waals surface area contributed by atoms with E-state index in [1.807, 2.05) is 13.0 Å². The summed E-state index contributed by atoms with van der Waals surface area (Å²) in [5.41, 5.74) is 2.16. The van der Waals surface area contributed by atoms with Crippen molar-refractivity contribution in [3.8, 4) is 11.5 Å². The Labute approximate surface area is 148 Å². The van der Waals surface area contributed by atoms with E-state index < -0.39 is 0 Å². The van der Waals surface area contributed by atoms with Crippen molar-refractivity contribution >= 4 is 0 Å². The lowest BCUT2D eigenvalue weighted by atomic mass is 9.86. The second-order valence-electron chi connectivity index (χ2n) is 8.63. The first-order chi connectivity index (χ1) is 11.3. The number of aromatic hydroxyl groups is 1. The summed E-state index contributed by atoms with van der Waals surface area (Å²) < 4.78 is 6.39. The highest BCUT2D eigenvalue weighted by molar-refractivity contribution is 5.47. The molecule has 1 heterocycles. The molecule has 0 saturated carbocycles. The van der Waals surface area contributed by atoms with Crippen LogP contribution >= 0.6 is 0 Å². The summed E-state index contributed by atoms with van der Waals surface area (Å²) in [5, 5.41) is 9.75. The third kappa shape index (κ3) is 5.43. The Hall–Kier alpha value is -1.18. The van der Waals surface area contributed by atoms with Crippen LogP contribution in [0.4, 0.5) is 0 Å². The van der Waals surface area contributed by atoms with Gasteiger partial charge in [-0.3, -0.25) is 0 Å². The number of hydrogen-bond acceptors (Lipinski definition) is 2. The zero-order chi connectivity index (χ0) is 17.7. The molecule has 0 unspecified atom stereocenters. The van der Waals surface area contributed by atoms with Crippen LogP contribution in [-0.4, -0.2) is 10.7 Å². The minimum atomic E-state index is -0.0492. The molecule has 0 radical (unpaired) electrons. The summed E-state index contributed by atoms with van der Waals surface area (Å²) in [4.78, 5) is 0. The molecule has 0 bridgehead atoms. The smallest absolute Gasteiger partial charge is 0.126 e. The molecule has 1 aliphatic rings. The van der Waals surface area contributed by atoms with Gasteiger partial charge in [0.1, 0.15) is 17.1 Å². The summed E-state index contributed by atoms with van der Waals surface area (Å²) in [5.74, 6) is 3.01. The number of rotatable bonds is 8. The van der Waals surface area contributed by atoms with Gasteiger partial charge in [-0.15, -0.1) is 0 Å². The largest absolute Gasteiger partial charge is 0.508 e. The number of aryl methyl sites for hydroxylation is 2. The molecule has 0 spiro atoms. The topological polar surface area (TPSA) is 29.5 Å². The van der Waals surface area contributed by atoms with Crippen LogP contribution in [0.15, 0.2) is 12.1 Å². The van der Waals surface area contributed by atoms with Gasteiger partial charge in [0.25, 0.3) is 0 Å².